The number of fused-ring (bicyclic) bond motifs is 1. The standard InChI is InChI=1S/C21H20BrClN4O2/c22-19-16-6-1-2-7-17(16)25-20(19)21(29)24-13-18(28)27-10-8-26(9-11-27)15-5-3-4-14(23)12-15/h1-7,12,25H,8-11,13H2,(H,24,29). The van der Waals surface area contributed by atoms with Crippen molar-refractivity contribution in [2.45, 2.75) is 0 Å². The van der Waals surface area contributed by atoms with Gasteiger partial charge in [0.15, 0.2) is 0 Å². The third kappa shape index (κ3) is 4.26. The molecule has 150 valence electrons. The van der Waals surface area contributed by atoms with Gasteiger partial charge in [0, 0.05) is 47.8 Å². The van der Waals surface area contributed by atoms with Gasteiger partial charge in [0.25, 0.3) is 5.91 Å². The Hall–Kier alpha value is -2.51. The number of rotatable bonds is 4. The number of nitrogens with one attached hydrogen (secondary N) is 2. The lowest BCUT2D eigenvalue weighted by Crippen LogP contribution is -2.51. The minimum absolute atomic E-state index is 0.0300. The molecule has 0 saturated carbocycles. The third-order valence-corrected chi connectivity index (χ3v) is 6.13. The van der Waals surface area contributed by atoms with Crippen LogP contribution < -0.4 is 10.2 Å². The fourth-order valence-corrected chi connectivity index (χ4v) is 4.32. The van der Waals surface area contributed by atoms with E-state index in [9.17, 15) is 9.59 Å². The van der Waals surface area contributed by atoms with E-state index < -0.39 is 0 Å². The van der Waals surface area contributed by atoms with E-state index >= 15 is 0 Å². The van der Waals surface area contributed by atoms with Gasteiger partial charge in [-0.15, -0.1) is 0 Å². The molecule has 2 heterocycles. The molecule has 0 unspecified atom stereocenters. The lowest BCUT2D eigenvalue weighted by atomic mass is 10.2. The first-order valence-electron chi connectivity index (χ1n) is 9.35. The number of hydrogen-bond donors (Lipinski definition) is 2. The Bertz CT molecular complexity index is 1060. The van der Waals surface area contributed by atoms with Crippen LogP contribution >= 0.6 is 27.5 Å². The number of benzene rings is 2. The van der Waals surface area contributed by atoms with E-state index in [4.69, 9.17) is 11.6 Å². The highest BCUT2D eigenvalue weighted by molar-refractivity contribution is 9.10. The molecule has 1 aromatic heterocycles. The van der Waals surface area contributed by atoms with Gasteiger partial charge in [-0.3, -0.25) is 9.59 Å². The number of halogens is 2. The number of aromatic amines is 1. The summed E-state index contributed by atoms with van der Waals surface area (Å²) < 4.78 is 0.702. The maximum Gasteiger partial charge on any atom is 0.269 e. The van der Waals surface area contributed by atoms with Crippen molar-refractivity contribution >= 4 is 55.9 Å². The predicted octanol–water partition coefficient (Wildman–Crippen LogP) is 3.66. The molecular weight excluding hydrogens is 456 g/mol. The first-order valence-corrected chi connectivity index (χ1v) is 10.5. The number of anilines is 1. The van der Waals surface area contributed by atoms with Gasteiger partial charge >= 0.3 is 0 Å². The maximum absolute atomic E-state index is 12.5. The van der Waals surface area contributed by atoms with Crippen LogP contribution in [0.5, 0.6) is 0 Å². The van der Waals surface area contributed by atoms with Crippen LogP contribution in [0, 0.1) is 0 Å². The summed E-state index contributed by atoms with van der Waals surface area (Å²) in [6, 6.07) is 15.4. The number of carbonyl (C=O) groups is 2. The van der Waals surface area contributed by atoms with Crippen molar-refractivity contribution in [1.82, 2.24) is 15.2 Å². The molecule has 0 bridgehead atoms. The third-order valence-electron chi connectivity index (χ3n) is 5.08. The second-order valence-electron chi connectivity index (χ2n) is 6.89. The van der Waals surface area contributed by atoms with E-state index in [0.717, 1.165) is 29.7 Å². The molecule has 0 atom stereocenters. The van der Waals surface area contributed by atoms with E-state index in [0.29, 0.717) is 28.3 Å². The molecule has 1 saturated heterocycles. The van der Waals surface area contributed by atoms with Crippen LogP contribution in [-0.2, 0) is 4.79 Å². The Morgan fingerprint density at radius 2 is 1.83 bits per heavy atom. The highest BCUT2D eigenvalue weighted by Gasteiger charge is 2.23. The van der Waals surface area contributed by atoms with E-state index in [1.807, 2.05) is 48.5 Å². The molecule has 4 rings (SSSR count). The molecule has 2 N–H and O–H groups in total. The molecular formula is C21H20BrClN4O2. The first kappa shape index (κ1) is 19.8. The predicted molar refractivity (Wildman–Crippen MR) is 119 cm³/mol. The van der Waals surface area contributed by atoms with Crippen LogP contribution in [0.15, 0.2) is 53.0 Å². The molecule has 6 nitrogen and oxygen atoms in total. The lowest BCUT2D eigenvalue weighted by molar-refractivity contribution is -0.130. The van der Waals surface area contributed by atoms with Crippen LogP contribution in [0.4, 0.5) is 5.69 Å². The molecule has 0 radical (unpaired) electrons. The Kier molecular flexibility index (Phi) is 5.78. The molecule has 8 heteroatoms. The summed E-state index contributed by atoms with van der Waals surface area (Å²) in [5.41, 5.74) is 2.35. The zero-order valence-corrected chi connectivity index (χ0v) is 18.0. The van der Waals surface area contributed by atoms with Crippen LogP contribution in [-0.4, -0.2) is 54.4 Å². The van der Waals surface area contributed by atoms with Crippen molar-refractivity contribution in [2.75, 3.05) is 37.6 Å². The maximum atomic E-state index is 12.5. The van der Waals surface area contributed by atoms with Gasteiger partial charge in [-0.2, -0.15) is 0 Å². The molecule has 2 aromatic carbocycles. The van der Waals surface area contributed by atoms with Crippen molar-refractivity contribution in [3.63, 3.8) is 0 Å². The largest absolute Gasteiger partial charge is 0.368 e. The number of H-pyrrole nitrogens is 1. The summed E-state index contributed by atoms with van der Waals surface area (Å²) in [5.74, 6) is -0.393. The molecule has 1 aliphatic rings. The SMILES string of the molecule is O=C(NCC(=O)N1CCN(c2cccc(Cl)c2)CC1)c1[nH]c2ccccc2c1Br. The zero-order chi connectivity index (χ0) is 20.4. The van der Waals surface area contributed by atoms with E-state index in [2.05, 4.69) is 31.1 Å². The summed E-state index contributed by atoms with van der Waals surface area (Å²) in [5, 5.41) is 4.36. The van der Waals surface area contributed by atoms with Crippen molar-refractivity contribution in [3.8, 4) is 0 Å². The number of aromatic nitrogens is 1. The van der Waals surface area contributed by atoms with Crippen molar-refractivity contribution in [3.05, 3.63) is 63.7 Å². The van der Waals surface area contributed by atoms with Gasteiger partial charge in [0.05, 0.1) is 11.0 Å². The molecule has 2 amide bonds. The lowest BCUT2D eigenvalue weighted by Gasteiger charge is -2.36. The second-order valence-corrected chi connectivity index (χ2v) is 8.12. The van der Waals surface area contributed by atoms with Gasteiger partial charge < -0.3 is 20.1 Å². The monoisotopic (exact) mass is 474 g/mol. The summed E-state index contributed by atoms with van der Waals surface area (Å²) in [6.07, 6.45) is 0. The normalized spacial score (nSPS) is 14.3. The molecule has 1 fully saturated rings. The topological polar surface area (TPSA) is 68.4 Å². The molecule has 0 aliphatic carbocycles. The smallest absolute Gasteiger partial charge is 0.269 e. The molecule has 1 aliphatic heterocycles. The van der Waals surface area contributed by atoms with Crippen LogP contribution in [0.25, 0.3) is 10.9 Å². The quantitative estimate of drug-likeness (QED) is 0.605. The van der Waals surface area contributed by atoms with Gasteiger partial charge in [0.2, 0.25) is 5.91 Å². The van der Waals surface area contributed by atoms with E-state index in [1.165, 1.54) is 0 Å². The fourth-order valence-electron chi connectivity index (χ4n) is 3.51. The van der Waals surface area contributed by atoms with Gasteiger partial charge in [-0.1, -0.05) is 35.9 Å². The van der Waals surface area contributed by atoms with Crippen LogP contribution in [0.1, 0.15) is 10.5 Å². The number of amides is 2. The summed E-state index contributed by atoms with van der Waals surface area (Å²) in [4.78, 5) is 32.1. The molecule has 3 aromatic rings. The highest BCUT2D eigenvalue weighted by atomic mass is 79.9. The number of nitrogens with zero attached hydrogens (tertiary/aromatic N) is 2. The fraction of sp³-hybridized carbons (Fsp3) is 0.238. The highest BCUT2D eigenvalue weighted by Crippen LogP contribution is 2.27. The Morgan fingerprint density at radius 1 is 1.07 bits per heavy atom. The average molecular weight is 476 g/mol. The Labute approximate surface area is 181 Å². The van der Waals surface area contributed by atoms with Gasteiger partial charge in [0.1, 0.15) is 5.69 Å². The Morgan fingerprint density at radius 3 is 2.55 bits per heavy atom. The average Bonchev–Trinajstić information content (AvgIpc) is 3.09. The number of para-hydroxylation sites is 1. The zero-order valence-electron chi connectivity index (χ0n) is 15.6. The van der Waals surface area contributed by atoms with Crippen molar-refractivity contribution in [2.24, 2.45) is 0 Å². The minimum atomic E-state index is -0.306. The number of hydrogen-bond acceptors (Lipinski definition) is 3. The van der Waals surface area contributed by atoms with Crippen LogP contribution in [0.2, 0.25) is 5.02 Å². The second kappa shape index (κ2) is 8.47. The van der Waals surface area contributed by atoms with Gasteiger partial charge in [-0.25, -0.2) is 0 Å². The molecule has 0 spiro atoms. The summed E-state index contributed by atoms with van der Waals surface area (Å²) in [6.45, 7) is 2.65. The van der Waals surface area contributed by atoms with Crippen molar-refractivity contribution < 1.29 is 9.59 Å². The van der Waals surface area contributed by atoms with E-state index in [1.54, 1.807) is 4.90 Å². The van der Waals surface area contributed by atoms with E-state index in [-0.39, 0.29) is 18.4 Å². The first-order chi connectivity index (χ1) is 14.0. The van der Waals surface area contributed by atoms with Gasteiger partial charge in [-0.05, 0) is 40.2 Å². The summed E-state index contributed by atoms with van der Waals surface area (Å²) in [7, 11) is 0. The number of piperazine rings is 1. The number of carbonyl (C=O) groups excluding carboxylic acids is 2. The minimum Gasteiger partial charge on any atom is -0.368 e. The van der Waals surface area contributed by atoms with Crippen LogP contribution in [0.3, 0.4) is 0 Å². The van der Waals surface area contributed by atoms with Crippen molar-refractivity contribution in [1.29, 1.82) is 0 Å². The summed E-state index contributed by atoms with van der Waals surface area (Å²) >= 11 is 9.53. The molecule has 29 heavy (non-hydrogen) atoms. The Balaban J connectivity index is 1.32.